The van der Waals surface area contributed by atoms with Crippen molar-refractivity contribution in [2.75, 3.05) is 5.32 Å². The maximum Gasteiger partial charge on any atom is 0.274 e. The summed E-state index contributed by atoms with van der Waals surface area (Å²) in [6.07, 6.45) is 0. The molecule has 0 aliphatic carbocycles. The van der Waals surface area contributed by atoms with Gasteiger partial charge < -0.3 is 5.32 Å². The minimum Gasteiger partial charge on any atom is -0.321 e. The number of fused-ring (bicyclic) bond motifs is 1. The Balaban J connectivity index is 1.86. The van der Waals surface area contributed by atoms with Crippen molar-refractivity contribution in [3.63, 3.8) is 0 Å². The molecule has 20 heavy (non-hydrogen) atoms. The van der Waals surface area contributed by atoms with Crippen LogP contribution in [0.4, 0.5) is 5.69 Å². The summed E-state index contributed by atoms with van der Waals surface area (Å²) in [6, 6.07) is 18.8. The van der Waals surface area contributed by atoms with Crippen molar-refractivity contribution in [1.29, 1.82) is 0 Å². The van der Waals surface area contributed by atoms with Crippen LogP contribution in [-0.2, 0) is 0 Å². The number of carbonyl (C=O) groups excluding carboxylic acids is 1. The van der Waals surface area contributed by atoms with Gasteiger partial charge in [0.1, 0.15) is 5.69 Å². The van der Waals surface area contributed by atoms with Crippen LogP contribution in [-0.4, -0.2) is 10.9 Å². The molecule has 1 amide bonds. The van der Waals surface area contributed by atoms with Gasteiger partial charge in [-0.05, 0) is 36.4 Å². The van der Waals surface area contributed by atoms with E-state index in [1.807, 2.05) is 54.6 Å². The summed E-state index contributed by atoms with van der Waals surface area (Å²) < 4.78 is 0.972. The first-order valence-electron chi connectivity index (χ1n) is 6.15. The first-order chi connectivity index (χ1) is 9.72. The molecule has 2 aromatic carbocycles. The lowest BCUT2D eigenvalue weighted by Gasteiger charge is -2.05. The first kappa shape index (κ1) is 12.8. The predicted octanol–water partition coefficient (Wildman–Crippen LogP) is 4.25. The van der Waals surface area contributed by atoms with E-state index in [0.29, 0.717) is 5.69 Å². The van der Waals surface area contributed by atoms with Crippen molar-refractivity contribution in [1.82, 2.24) is 4.98 Å². The Bertz CT molecular complexity index is 769. The average molecular weight is 327 g/mol. The Morgan fingerprint density at radius 1 is 0.950 bits per heavy atom. The monoisotopic (exact) mass is 326 g/mol. The molecule has 0 bridgehead atoms. The van der Waals surface area contributed by atoms with Gasteiger partial charge in [-0.2, -0.15) is 0 Å². The van der Waals surface area contributed by atoms with Crippen molar-refractivity contribution >= 4 is 38.4 Å². The Kier molecular flexibility index (Phi) is 3.48. The number of rotatable bonds is 2. The van der Waals surface area contributed by atoms with Gasteiger partial charge in [0.25, 0.3) is 5.91 Å². The van der Waals surface area contributed by atoms with E-state index in [0.717, 1.165) is 21.1 Å². The quantitative estimate of drug-likeness (QED) is 0.764. The first-order valence-corrected chi connectivity index (χ1v) is 6.94. The number of nitrogens with zero attached hydrogens (tertiary/aromatic N) is 1. The van der Waals surface area contributed by atoms with Gasteiger partial charge in [-0.15, -0.1) is 0 Å². The summed E-state index contributed by atoms with van der Waals surface area (Å²) in [5.74, 6) is -0.210. The number of hydrogen-bond donors (Lipinski definition) is 1. The third-order valence-electron chi connectivity index (χ3n) is 2.93. The molecule has 3 rings (SSSR count). The van der Waals surface area contributed by atoms with Gasteiger partial charge in [0, 0.05) is 15.5 Å². The Morgan fingerprint density at radius 2 is 1.70 bits per heavy atom. The molecule has 0 saturated heterocycles. The largest absolute Gasteiger partial charge is 0.321 e. The van der Waals surface area contributed by atoms with Crippen LogP contribution >= 0.6 is 15.9 Å². The molecule has 1 N–H and O–H groups in total. The van der Waals surface area contributed by atoms with E-state index in [9.17, 15) is 4.79 Å². The van der Waals surface area contributed by atoms with E-state index in [1.54, 1.807) is 6.07 Å². The fourth-order valence-corrected chi connectivity index (χ4v) is 2.19. The van der Waals surface area contributed by atoms with Crippen LogP contribution in [0.25, 0.3) is 10.9 Å². The minimum atomic E-state index is -0.210. The third kappa shape index (κ3) is 2.70. The fourth-order valence-electron chi connectivity index (χ4n) is 1.92. The smallest absolute Gasteiger partial charge is 0.274 e. The molecule has 0 aliphatic heterocycles. The lowest BCUT2D eigenvalue weighted by atomic mass is 10.2. The molecule has 0 unspecified atom stereocenters. The molecule has 0 atom stereocenters. The van der Waals surface area contributed by atoms with Gasteiger partial charge in [0.15, 0.2) is 0 Å². The van der Waals surface area contributed by atoms with Crippen molar-refractivity contribution in [2.45, 2.75) is 0 Å². The molecule has 98 valence electrons. The van der Waals surface area contributed by atoms with Crippen molar-refractivity contribution in [3.8, 4) is 0 Å². The van der Waals surface area contributed by atoms with Crippen LogP contribution < -0.4 is 5.32 Å². The molecular weight excluding hydrogens is 316 g/mol. The molecule has 1 heterocycles. The van der Waals surface area contributed by atoms with Crippen molar-refractivity contribution < 1.29 is 4.79 Å². The van der Waals surface area contributed by atoms with E-state index < -0.39 is 0 Å². The normalized spacial score (nSPS) is 10.4. The van der Waals surface area contributed by atoms with E-state index >= 15 is 0 Å². The number of pyridine rings is 1. The van der Waals surface area contributed by atoms with Crippen LogP contribution in [0.1, 0.15) is 10.5 Å². The van der Waals surface area contributed by atoms with Gasteiger partial charge >= 0.3 is 0 Å². The summed E-state index contributed by atoms with van der Waals surface area (Å²) in [4.78, 5) is 16.5. The molecule has 3 nitrogen and oxygen atoms in total. The number of amides is 1. The van der Waals surface area contributed by atoms with Crippen molar-refractivity contribution in [3.05, 3.63) is 70.8 Å². The summed E-state index contributed by atoms with van der Waals surface area (Å²) in [5.41, 5.74) is 1.97. The Morgan fingerprint density at radius 3 is 2.50 bits per heavy atom. The molecule has 0 fully saturated rings. The van der Waals surface area contributed by atoms with Crippen LogP contribution in [0.15, 0.2) is 65.1 Å². The maximum atomic E-state index is 12.2. The van der Waals surface area contributed by atoms with Gasteiger partial charge in [-0.25, -0.2) is 4.98 Å². The summed E-state index contributed by atoms with van der Waals surface area (Å²) in [7, 11) is 0. The second-order valence-electron chi connectivity index (χ2n) is 4.35. The Hall–Kier alpha value is -2.20. The predicted molar refractivity (Wildman–Crippen MR) is 83.8 cm³/mol. The van der Waals surface area contributed by atoms with Crippen LogP contribution in [0, 0.1) is 0 Å². The molecule has 0 spiro atoms. The van der Waals surface area contributed by atoms with Crippen LogP contribution in [0.5, 0.6) is 0 Å². The van der Waals surface area contributed by atoms with Crippen LogP contribution in [0.2, 0.25) is 0 Å². The lowest BCUT2D eigenvalue weighted by molar-refractivity contribution is 0.102. The molecule has 0 aliphatic rings. The highest BCUT2D eigenvalue weighted by atomic mass is 79.9. The maximum absolute atomic E-state index is 12.2. The number of benzene rings is 2. The van der Waals surface area contributed by atoms with Gasteiger partial charge in [0.05, 0.1) is 5.52 Å². The number of anilines is 1. The highest BCUT2D eigenvalue weighted by Crippen LogP contribution is 2.16. The standard InChI is InChI=1S/C16H11BrN2O/c17-12-6-8-13(9-7-12)18-16(20)15-10-5-11-3-1-2-4-14(11)19-15/h1-10H,(H,18,20). The fraction of sp³-hybridized carbons (Fsp3) is 0. The Labute approximate surface area is 124 Å². The van der Waals surface area contributed by atoms with Gasteiger partial charge in [-0.3, -0.25) is 4.79 Å². The van der Waals surface area contributed by atoms with Crippen molar-refractivity contribution in [2.24, 2.45) is 0 Å². The topological polar surface area (TPSA) is 42.0 Å². The summed E-state index contributed by atoms with van der Waals surface area (Å²) in [5, 5.41) is 3.85. The van der Waals surface area contributed by atoms with E-state index in [2.05, 4.69) is 26.2 Å². The number of aromatic nitrogens is 1. The van der Waals surface area contributed by atoms with Gasteiger partial charge in [0.2, 0.25) is 0 Å². The number of para-hydroxylation sites is 1. The van der Waals surface area contributed by atoms with E-state index in [-0.39, 0.29) is 5.91 Å². The summed E-state index contributed by atoms with van der Waals surface area (Å²) >= 11 is 3.36. The number of carbonyl (C=O) groups is 1. The molecule has 0 radical (unpaired) electrons. The molecule has 3 aromatic rings. The molecule has 1 aromatic heterocycles. The second-order valence-corrected chi connectivity index (χ2v) is 5.27. The molecular formula is C16H11BrN2O. The molecule has 0 saturated carbocycles. The highest BCUT2D eigenvalue weighted by Gasteiger charge is 2.08. The lowest BCUT2D eigenvalue weighted by Crippen LogP contribution is -2.13. The summed E-state index contributed by atoms with van der Waals surface area (Å²) in [6.45, 7) is 0. The van der Waals surface area contributed by atoms with E-state index in [4.69, 9.17) is 0 Å². The van der Waals surface area contributed by atoms with Crippen LogP contribution in [0.3, 0.4) is 0 Å². The highest BCUT2D eigenvalue weighted by molar-refractivity contribution is 9.10. The zero-order valence-electron chi connectivity index (χ0n) is 10.5. The van der Waals surface area contributed by atoms with E-state index in [1.165, 1.54) is 0 Å². The molecule has 4 heteroatoms. The zero-order valence-corrected chi connectivity index (χ0v) is 12.1. The SMILES string of the molecule is O=C(Nc1ccc(Br)cc1)c1ccc2ccccc2n1. The second kappa shape index (κ2) is 5.43. The van der Waals surface area contributed by atoms with Gasteiger partial charge in [-0.1, -0.05) is 40.2 Å². The number of hydrogen-bond acceptors (Lipinski definition) is 2. The number of nitrogens with one attached hydrogen (secondary N) is 1. The third-order valence-corrected chi connectivity index (χ3v) is 3.46. The minimum absolute atomic E-state index is 0.210. The average Bonchev–Trinajstić information content (AvgIpc) is 2.49. The number of halogens is 1. The zero-order chi connectivity index (χ0) is 13.9.